The molecule has 0 aromatic heterocycles. The number of carbonyl (C=O) groups is 1. The van der Waals surface area contributed by atoms with E-state index in [4.69, 9.17) is 0 Å². The van der Waals surface area contributed by atoms with E-state index in [9.17, 15) is 4.79 Å². The summed E-state index contributed by atoms with van der Waals surface area (Å²) >= 11 is 0. The summed E-state index contributed by atoms with van der Waals surface area (Å²) < 4.78 is 0. The number of rotatable bonds is 3. The van der Waals surface area contributed by atoms with E-state index < -0.39 is 0 Å². The Morgan fingerprint density at radius 2 is 2.06 bits per heavy atom. The summed E-state index contributed by atoms with van der Waals surface area (Å²) in [6.07, 6.45) is 9.22. The van der Waals surface area contributed by atoms with Crippen LogP contribution in [0.1, 0.15) is 59.3 Å². The van der Waals surface area contributed by atoms with E-state index in [0.717, 1.165) is 13.0 Å². The second-order valence-electron chi connectivity index (χ2n) is 6.30. The third-order valence-electron chi connectivity index (χ3n) is 4.34. The second kappa shape index (κ2) is 5.90. The molecule has 0 spiro atoms. The third kappa shape index (κ3) is 3.15. The first-order valence-electron chi connectivity index (χ1n) is 7.34. The monoisotopic (exact) mass is 248 g/mol. The van der Waals surface area contributed by atoms with Crippen LogP contribution in [-0.4, -0.2) is 23.4 Å². The standard InChI is InChI=1S/C16H26NO/c1-12(2)10-14-6-4-5-7-15(14)17-9-8-13(3)11-16(17)18/h11,14-15H,4-10H2,1-3H3. The molecule has 1 radical (unpaired) electrons. The van der Waals surface area contributed by atoms with Crippen molar-refractivity contribution in [2.75, 3.05) is 6.54 Å². The highest BCUT2D eigenvalue weighted by atomic mass is 16.2. The highest BCUT2D eigenvalue weighted by Crippen LogP contribution is 2.34. The zero-order chi connectivity index (χ0) is 13.1. The molecule has 2 rings (SSSR count). The van der Waals surface area contributed by atoms with E-state index in [1.54, 1.807) is 0 Å². The van der Waals surface area contributed by atoms with E-state index in [2.05, 4.69) is 25.7 Å². The summed E-state index contributed by atoms with van der Waals surface area (Å²) in [6.45, 7) is 7.43. The van der Waals surface area contributed by atoms with Crippen LogP contribution >= 0.6 is 0 Å². The lowest BCUT2D eigenvalue weighted by molar-refractivity contribution is -0.131. The first-order chi connectivity index (χ1) is 8.58. The Morgan fingerprint density at radius 1 is 1.33 bits per heavy atom. The largest absolute Gasteiger partial charge is 0.336 e. The molecule has 0 N–H and O–H groups in total. The first-order valence-corrected chi connectivity index (χ1v) is 7.34. The Kier molecular flexibility index (Phi) is 4.47. The van der Waals surface area contributed by atoms with Crippen molar-refractivity contribution in [3.8, 4) is 0 Å². The molecule has 18 heavy (non-hydrogen) atoms. The van der Waals surface area contributed by atoms with Gasteiger partial charge in [0.15, 0.2) is 0 Å². The van der Waals surface area contributed by atoms with Gasteiger partial charge in [-0.25, -0.2) is 0 Å². The van der Waals surface area contributed by atoms with Crippen molar-refractivity contribution in [1.82, 2.24) is 4.90 Å². The molecule has 1 heterocycles. The van der Waals surface area contributed by atoms with Crippen molar-refractivity contribution in [3.63, 3.8) is 0 Å². The summed E-state index contributed by atoms with van der Waals surface area (Å²) in [7, 11) is 0. The van der Waals surface area contributed by atoms with Crippen LogP contribution in [0, 0.1) is 11.8 Å². The summed E-state index contributed by atoms with van der Waals surface area (Å²) in [5, 5.41) is 0. The van der Waals surface area contributed by atoms with Gasteiger partial charge in [-0.2, -0.15) is 0 Å². The lowest BCUT2D eigenvalue weighted by Crippen LogP contribution is -2.47. The van der Waals surface area contributed by atoms with Gasteiger partial charge in [0.05, 0.1) is 0 Å². The van der Waals surface area contributed by atoms with Gasteiger partial charge in [-0.15, -0.1) is 0 Å². The molecule has 2 aliphatic rings. The maximum absolute atomic E-state index is 12.2. The minimum atomic E-state index is 0.254. The maximum Gasteiger partial charge on any atom is 0.246 e. The number of hydrogen-bond donors (Lipinski definition) is 0. The van der Waals surface area contributed by atoms with Gasteiger partial charge in [-0.3, -0.25) is 4.79 Å². The molecule has 101 valence electrons. The number of amides is 1. The number of carbonyl (C=O) groups excluding carboxylic acids is 1. The summed E-state index contributed by atoms with van der Waals surface area (Å²) in [5.74, 6) is 2.45. The predicted octanol–water partition coefficient (Wildman–Crippen LogP) is 3.73. The molecule has 0 aromatic carbocycles. The van der Waals surface area contributed by atoms with Crippen LogP contribution in [-0.2, 0) is 4.79 Å². The molecule has 2 nitrogen and oxygen atoms in total. The Labute approximate surface area is 111 Å². The molecule has 0 saturated heterocycles. The maximum atomic E-state index is 12.2. The van der Waals surface area contributed by atoms with Gasteiger partial charge in [-0.1, -0.05) is 32.3 Å². The van der Waals surface area contributed by atoms with Crippen LogP contribution in [0.25, 0.3) is 0 Å². The van der Waals surface area contributed by atoms with Gasteiger partial charge in [0.1, 0.15) is 0 Å². The van der Waals surface area contributed by atoms with E-state index in [-0.39, 0.29) is 5.91 Å². The van der Waals surface area contributed by atoms with Crippen molar-refractivity contribution in [2.45, 2.75) is 65.3 Å². The Balaban J connectivity index is 2.07. The summed E-state index contributed by atoms with van der Waals surface area (Å²) in [6, 6.07) is 0.491. The van der Waals surface area contributed by atoms with Gasteiger partial charge in [-0.05, 0) is 44.4 Å². The van der Waals surface area contributed by atoms with Crippen LogP contribution in [0.2, 0.25) is 0 Å². The molecule has 0 bridgehead atoms. The van der Waals surface area contributed by atoms with Crippen LogP contribution in [0.3, 0.4) is 0 Å². The molecule has 1 saturated carbocycles. The fraction of sp³-hybridized carbons (Fsp3) is 0.750. The Morgan fingerprint density at radius 3 is 2.72 bits per heavy atom. The van der Waals surface area contributed by atoms with Gasteiger partial charge in [0, 0.05) is 18.7 Å². The van der Waals surface area contributed by atoms with Crippen molar-refractivity contribution in [1.29, 1.82) is 0 Å². The van der Waals surface area contributed by atoms with Gasteiger partial charge in [0.25, 0.3) is 0 Å². The molecule has 1 aliphatic carbocycles. The molecule has 2 atom stereocenters. The zero-order valence-electron chi connectivity index (χ0n) is 12.0. The average Bonchev–Trinajstić information content (AvgIpc) is 2.30. The van der Waals surface area contributed by atoms with Gasteiger partial charge in [0.2, 0.25) is 5.91 Å². The van der Waals surface area contributed by atoms with Crippen molar-refractivity contribution in [3.05, 3.63) is 17.6 Å². The van der Waals surface area contributed by atoms with Crippen LogP contribution < -0.4 is 0 Å². The van der Waals surface area contributed by atoms with Crippen LogP contribution in [0.5, 0.6) is 0 Å². The molecule has 1 amide bonds. The Hall–Kier alpha value is -0.790. The van der Waals surface area contributed by atoms with Gasteiger partial charge >= 0.3 is 0 Å². The third-order valence-corrected chi connectivity index (χ3v) is 4.34. The molecule has 1 fully saturated rings. The first kappa shape index (κ1) is 13.6. The number of nitrogens with zero attached hydrogens (tertiary/aromatic N) is 1. The smallest absolute Gasteiger partial charge is 0.246 e. The van der Waals surface area contributed by atoms with Crippen LogP contribution in [0.4, 0.5) is 0 Å². The lowest BCUT2D eigenvalue weighted by atomic mass is 9.78. The molecular formula is C16H26NO. The number of hydrogen-bond acceptors (Lipinski definition) is 1. The second-order valence-corrected chi connectivity index (χ2v) is 6.30. The SMILES string of the molecule is C[C](C)CC1CCCCC1N1CCC(C)=CC1=O. The van der Waals surface area contributed by atoms with Gasteiger partial charge < -0.3 is 4.90 Å². The van der Waals surface area contributed by atoms with E-state index in [1.807, 2.05) is 6.08 Å². The molecule has 2 unspecified atom stereocenters. The lowest BCUT2D eigenvalue weighted by Gasteiger charge is -2.41. The minimum absolute atomic E-state index is 0.254. The Bertz CT molecular complexity index is 332. The van der Waals surface area contributed by atoms with Crippen LogP contribution in [0.15, 0.2) is 11.6 Å². The van der Waals surface area contributed by atoms with Crippen molar-refractivity contribution >= 4 is 5.91 Å². The quantitative estimate of drug-likeness (QED) is 0.745. The minimum Gasteiger partial charge on any atom is -0.336 e. The molecule has 0 aromatic rings. The van der Waals surface area contributed by atoms with E-state index >= 15 is 0 Å². The highest BCUT2D eigenvalue weighted by molar-refractivity contribution is 5.89. The topological polar surface area (TPSA) is 20.3 Å². The fourth-order valence-corrected chi connectivity index (χ4v) is 3.46. The summed E-state index contributed by atoms with van der Waals surface area (Å²) in [4.78, 5) is 14.3. The fourth-order valence-electron chi connectivity index (χ4n) is 3.46. The molecule has 2 heteroatoms. The van der Waals surface area contributed by atoms with Crippen molar-refractivity contribution in [2.24, 2.45) is 5.92 Å². The van der Waals surface area contributed by atoms with E-state index in [0.29, 0.717) is 12.0 Å². The molecular weight excluding hydrogens is 222 g/mol. The predicted molar refractivity (Wildman–Crippen MR) is 75.0 cm³/mol. The van der Waals surface area contributed by atoms with Crippen molar-refractivity contribution < 1.29 is 4.79 Å². The summed E-state index contributed by atoms with van der Waals surface area (Å²) in [5.41, 5.74) is 1.24. The normalized spacial score (nSPS) is 29.7. The highest BCUT2D eigenvalue weighted by Gasteiger charge is 2.33. The average molecular weight is 248 g/mol. The zero-order valence-corrected chi connectivity index (χ0v) is 12.0. The van der Waals surface area contributed by atoms with E-state index in [1.165, 1.54) is 43.6 Å². The molecule has 1 aliphatic heterocycles.